The van der Waals surface area contributed by atoms with Crippen LogP contribution in [0.2, 0.25) is 5.02 Å². The van der Waals surface area contributed by atoms with E-state index in [1.165, 1.54) is 0 Å². The van der Waals surface area contributed by atoms with Gasteiger partial charge in [-0.05, 0) is 41.8 Å². The first-order valence-corrected chi connectivity index (χ1v) is 6.50. The highest BCUT2D eigenvalue weighted by Crippen LogP contribution is 2.22. The number of rotatable bonds is 4. The van der Waals surface area contributed by atoms with E-state index in [1.54, 1.807) is 0 Å². The summed E-state index contributed by atoms with van der Waals surface area (Å²) in [7, 11) is 0. The van der Waals surface area contributed by atoms with Gasteiger partial charge in [-0.3, -0.25) is 0 Å². The second-order valence-electron chi connectivity index (χ2n) is 4.41. The zero-order valence-corrected chi connectivity index (χ0v) is 11.4. The second-order valence-corrected chi connectivity index (χ2v) is 4.85. The molecule has 0 aliphatic carbocycles. The molecule has 0 spiro atoms. The third-order valence-electron chi connectivity index (χ3n) is 2.85. The van der Waals surface area contributed by atoms with Crippen molar-refractivity contribution in [3.8, 4) is 11.1 Å². The van der Waals surface area contributed by atoms with E-state index in [0.29, 0.717) is 0 Å². The Morgan fingerprint density at radius 1 is 1.11 bits per heavy atom. The van der Waals surface area contributed by atoms with Gasteiger partial charge in [-0.25, -0.2) is 0 Å². The Morgan fingerprint density at radius 2 is 1.84 bits per heavy atom. The van der Waals surface area contributed by atoms with Crippen LogP contribution in [-0.4, -0.2) is 11.2 Å². The predicted octanol–water partition coefficient (Wildman–Crippen LogP) is 4.39. The van der Waals surface area contributed by atoms with E-state index in [4.69, 9.17) is 16.8 Å². The molecule has 2 aromatic carbocycles. The van der Waals surface area contributed by atoms with E-state index in [1.807, 2.05) is 55.5 Å². The molecule has 0 saturated carbocycles. The highest BCUT2D eigenvalue weighted by Gasteiger charge is 1.98. The third-order valence-corrected chi connectivity index (χ3v) is 3.10. The molecule has 0 heterocycles. The molecule has 1 unspecified atom stereocenters. The Hall–Kier alpha value is -1.61. The monoisotopic (exact) mass is 273 g/mol. The molecule has 0 aliphatic rings. The minimum absolute atomic E-state index is 0.0702. The average Bonchev–Trinajstić information content (AvgIpc) is 2.46. The Morgan fingerprint density at radius 3 is 2.53 bits per heavy atom. The van der Waals surface area contributed by atoms with Crippen LogP contribution in [0.4, 0.5) is 0 Å². The third kappa shape index (κ3) is 3.93. The van der Waals surface area contributed by atoms with Crippen molar-refractivity contribution in [3.63, 3.8) is 0 Å². The van der Waals surface area contributed by atoms with Gasteiger partial charge >= 0.3 is 0 Å². The summed E-state index contributed by atoms with van der Waals surface area (Å²) in [5, 5.41) is 9.50. The lowest BCUT2D eigenvalue weighted by atomic mass is 10.0. The van der Waals surface area contributed by atoms with Crippen molar-refractivity contribution in [2.45, 2.75) is 13.0 Å². The maximum absolute atomic E-state index is 8.76. The van der Waals surface area contributed by atoms with Crippen LogP contribution in [0.25, 0.3) is 17.2 Å². The zero-order valence-electron chi connectivity index (χ0n) is 10.7. The first-order valence-electron chi connectivity index (χ1n) is 6.13. The second kappa shape index (κ2) is 6.53. The molecule has 98 valence electrons. The molecule has 2 aromatic rings. The van der Waals surface area contributed by atoms with Crippen molar-refractivity contribution in [2.75, 3.05) is 0 Å². The highest BCUT2D eigenvalue weighted by molar-refractivity contribution is 6.30. The van der Waals surface area contributed by atoms with Gasteiger partial charge < -0.3 is 5.21 Å². The smallest absolute Gasteiger partial charge is 0.0474 e. The van der Waals surface area contributed by atoms with Gasteiger partial charge in [0.2, 0.25) is 0 Å². The maximum Gasteiger partial charge on any atom is 0.0474 e. The molecule has 0 saturated heterocycles. The lowest BCUT2D eigenvalue weighted by Crippen LogP contribution is -2.18. The van der Waals surface area contributed by atoms with Crippen molar-refractivity contribution < 1.29 is 5.21 Å². The van der Waals surface area contributed by atoms with Crippen LogP contribution < -0.4 is 5.48 Å². The summed E-state index contributed by atoms with van der Waals surface area (Å²) < 4.78 is 0. The van der Waals surface area contributed by atoms with E-state index in [-0.39, 0.29) is 6.04 Å². The summed E-state index contributed by atoms with van der Waals surface area (Å²) in [6.45, 7) is 1.87. The molecule has 2 N–H and O–H groups in total. The van der Waals surface area contributed by atoms with Crippen LogP contribution in [0, 0.1) is 0 Å². The van der Waals surface area contributed by atoms with Crippen LogP contribution in [0.15, 0.2) is 54.6 Å². The predicted molar refractivity (Wildman–Crippen MR) is 80.3 cm³/mol. The summed E-state index contributed by atoms with van der Waals surface area (Å²) in [5.74, 6) is 0. The molecule has 0 bridgehead atoms. The van der Waals surface area contributed by atoms with Gasteiger partial charge in [0.05, 0.1) is 0 Å². The Balaban J connectivity index is 2.24. The van der Waals surface area contributed by atoms with E-state index in [0.717, 1.165) is 21.7 Å². The van der Waals surface area contributed by atoms with Gasteiger partial charge in [0.1, 0.15) is 0 Å². The van der Waals surface area contributed by atoms with Crippen molar-refractivity contribution in [3.05, 3.63) is 65.2 Å². The fourth-order valence-corrected chi connectivity index (χ4v) is 1.89. The molecule has 0 fully saturated rings. The minimum Gasteiger partial charge on any atom is -0.316 e. The molecule has 0 radical (unpaired) electrons. The first kappa shape index (κ1) is 13.8. The topological polar surface area (TPSA) is 32.3 Å². The number of halogens is 1. The number of hydrogen-bond donors (Lipinski definition) is 2. The van der Waals surface area contributed by atoms with E-state index < -0.39 is 0 Å². The van der Waals surface area contributed by atoms with Gasteiger partial charge in [-0.15, -0.1) is 0 Å². The molecule has 3 heteroatoms. The van der Waals surface area contributed by atoms with Crippen LogP contribution in [0.3, 0.4) is 0 Å². The van der Waals surface area contributed by atoms with Crippen molar-refractivity contribution in [2.24, 2.45) is 0 Å². The lowest BCUT2D eigenvalue weighted by Gasteiger charge is -2.04. The number of hydrogen-bond acceptors (Lipinski definition) is 2. The Labute approximate surface area is 118 Å². The molecule has 1 atom stereocenters. The van der Waals surface area contributed by atoms with Crippen LogP contribution >= 0.6 is 11.6 Å². The highest BCUT2D eigenvalue weighted by atomic mass is 35.5. The number of nitrogens with one attached hydrogen (secondary N) is 1. The molecule has 19 heavy (non-hydrogen) atoms. The fourth-order valence-electron chi connectivity index (χ4n) is 1.76. The molecule has 2 rings (SSSR count). The minimum atomic E-state index is -0.0702. The number of hydroxylamine groups is 1. The Kier molecular flexibility index (Phi) is 4.74. The summed E-state index contributed by atoms with van der Waals surface area (Å²) in [5.41, 5.74) is 5.55. The average molecular weight is 274 g/mol. The van der Waals surface area contributed by atoms with Gasteiger partial charge in [0, 0.05) is 11.1 Å². The van der Waals surface area contributed by atoms with E-state index >= 15 is 0 Å². The quantitative estimate of drug-likeness (QED) is 0.810. The molecule has 0 amide bonds. The maximum atomic E-state index is 8.76. The van der Waals surface area contributed by atoms with Crippen molar-refractivity contribution in [1.82, 2.24) is 5.48 Å². The summed E-state index contributed by atoms with van der Waals surface area (Å²) in [6, 6.07) is 15.9. The van der Waals surface area contributed by atoms with E-state index in [2.05, 4.69) is 17.6 Å². The number of benzene rings is 2. The summed E-state index contributed by atoms with van der Waals surface area (Å²) in [4.78, 5) is 0. The SMILES string of the molecule is CC(C=Cc1cccc(-c2ccc(Cl)cc2)c1)NO. The van der Waals surface area contributed by atoms with Gasteiger partial charge in [0.25, 0.3) is 0 Å². The van der Waals surface area contributed by atoms with E-state index in [9.17, 15) is 0 Å². The van der Waals surface area contributed by atoms with Crippen LogP contribution in [-0.2, 0) is 0 Å². The zero-order chi connectivity index (χ0) is 13.7. The van der Waals surface area contributed by atoms with Crippen molar-refractivity contribution in [1.29, 1.82) is 0 Å². The molecule has 0 aromatic heterocycles. The summed E-state index contributed by atoms with van der Waals surface area (Å²) in [6.07, 6.45) is 3.88. The first-order chi connectivity index (χ1) is 9.19. The van der Waals surface area contributed by atoms with Gasteiger partial charge in [-0.2, -0.15) is 5.48 Å². The molecular weight excluding hydrogens is 258 g/mol. The largest absolute Gasteiger partial charge is 0.316 e. The molecule has 0 aliphatic heterocycles. The molecule has 2 nitrogen and oxygen atoms in total. The van der Waals surface area contributed by atoms with Gasteiger partial charge in [0.15, 0.2) is 0 Å². The molecular formula is C16H16ClNO. The van der Waals surface area contributed by atoms with Crippen LogP contribution in [0.5, 0.6) is 0 Å². The standard InChI is InChI=1S/C16H16ClNO/c1-12(18-19)5-6-13-3-2-4-15(11-13)14-7-9-16(17)10-8-14/h2-12,18-19H,1H3. The lowest BCUT2D eigenvalue weighted by molar-refractivity contribution is 0.150. The Bertz CT molecular complexity index is 563. The normalized spacial score (nSPS) is 12.8. The van der Waals surface area contributed by atoms with Crippen LogP contribution in [0.1, 0.15) is 12.5 Å². The van der Waals surface area contributed by atoms with Crippen molar-refractivity contribution >= 4 is 17.7 Å². The fraction of sp³-hybridized carbons (Fsp3) is 0.125. The van der Waals surface area contributed by atoms with Gasteiger partial charge in [-0.1, -0.05) is 54.1 Å². The summed E-state index contributed by atoms with van der Waals surface area (Å²) >= 11 is 5.89.